The lowest BCUT2D eigenvalue weighted by Crippen LogP contribution is -2.06. The fraction of sp³-hybridized carbons (Fsp3) is 0.129. The van der Waals surface area contributed by atoms with Crippen LogP contribution in [0.25, 0.3) is 12.2 Å². The first-order valence-electron chi connectivity index (χ1n) is 11.4. The summed E-state index contributed by atoms with van der Waals surface area (Å²) < 4.78 is 15.1. The smallest absolute Gasteiger partial charge is 0.128 e. The molecule has 0 aliphatic carbocycles. The van der Waals surface area contributed by atoms with Crippen molar-refractivity contribution in [3.05, 3.63) is 138 Å². The Bertz CT molecular complexity index is 1240. The quantitative estimate of drug-likeness (QED) is 0.260. The van der Waals surface area contributed by atoms with Crippen LogP contribution in [-0.4, -0.2) is 5.71 Å². The zero-order chi connectivity index (χ0) is 25.8. The van der Waals surface area contributed by atoms with Crippen LogP contribution in [0.2, 0.25) is 0 Å². The predicted octanol–water partition coefficient (Wildman–Crippen LogP) is 7.97. The van der Waals surface area contributed by atoms with Gasteiger partial charge in [0.2, 0.25) is 0 Å². The van der Waals surface area contributed by atoms with Crippen LogP contribution < -0.4 is 11.1 Å². The summed E-state index contributed by atoms with van der Waals surface area (Å²) in [6, 6.07) is 11.2. The Morgan fingerprint density at radius 1 is 1.14 bits per heavy atom. The lowest BCUT2D eigenvalue weighted by atomic mass is 9.95. The van der Waals surface area contributed by atoms with Gasteiger partial charge in [0.1, 0.15) is 11.6 Å². The maximum atomic E-state index is 15.1. The molecule has 3 nitrogen and oxygen atoms in total. The van der Waals surface area contributed by atoms with Crippen molar-refractivity contribution in [2.24, 2.45) is 10.7 Å². The molecule has 3 N–H and O–H groups in total. The molecule has 0 aromatic heterocycles. The first-order chi connectivity index (χ1) is 16.8. The molecule has 0 amide bonds. The molecule has 0 bridgehead atoms. The second kappa shape index (κ2) is 13.5. The van der Waals surface area contributed by atoms with Crippen LogP contribution in [0.5, 0.6) is 0 Å². The van der Waals surface area contributed by atoms with E-state index in [1.54, 1.807) is 6.08 Å². The van der Waals surface area contributed by atoms with E-state index in [1.165, 1.54) is 6.07 Å². The van der Waals surface area contributed by atoms with Gasteiger partial charge in [-0.25, -0.2) is 9.38 Å². The molecule has 0 atom stereocenters. The Balaban J connectivity index is 2.31. The summed E-state index contributed by atoms with van der Waals surface area (Å²) in [7, 11) is 0. The maximum absolute atomic E-state index is 15.1. The van der Waals surface area contributed by atoms with Crippen LogP contribution in [0, 0.1) is 5.82 Å². The molecule has 180 valence electrons. The van der Waals surface area contributed by atoms with Crippen molar-refractivity contribution in [2.75, 3.05) is 5.32 Å². The highest BCUT2D eigenvalue weighted by molar-refractivity contribution is 6.11. The molecule has 2 rings (SSSR count). The highest BCUT2D eigenvalue weighted by Gasteiger charge is 2.10. The average molecular weight is 468 g/mol. The van der Waals surface area contributed by atoms with Crippen LogP contribution in [0.4, 0.5) is 10.1 Å². The summed E-state index contributed by atoms with van der Waals surface area (Å²) in [5.74, 6) is -0.0749. The Hall–Kier alpha value is -4.18. The normalized spacial score (nSPS) is 12.9. The molecule has 0 unspecified atom stereocenters. The van der Waals surface area contributed by atoms with Gasteiger partial charge in [-0.3, -0.25) is 0 Å². The zero-order valence-electron chi connectivity index (χ0n) is 20.8. The van der Waals surface area contributed by atoms with Gasteiger partial charge in [0.25, 0.3) is 0 Å². The summed E-state index contributed by atoms with van der Waals surface area (Å²) in [5, 5.41) is 3.24. The molecule has 0 fully saturated rings. The Morgan fingerprint density at radius 2 is 1.91 bits per heavy atom. The van der Waals surface area contributed by atoms with E-state index in [0.29, 0.717) is 23.4 Å². The lowest BCUT2D eigenvalue weighted by molar-refractivity contribution is 0.614. The molecule has 2 aromatic rings. The number of hydrogen-bond donors (Lipinski definition) is 2. The molecule has 2 aromatic carbocycles. The predicted molar refractivity (Wildman–Crippen MR) is 152 cm³/mol. The van der Waals surface area contributed by atoms with Crippen molar-refractivity contribution in [3.8, 4) is 0 Å². The van der Waals surface area contributed by atoms with Crippen LogP contribution in [0.1, 0.15) is 43.0 Å². The molecular formula is C31H34FN3. The molecular weight excluding hydrogens is 433 g/mol. The summed E-state index contributed by atoms with van der Waals surface area (Å²) in [6.45, 7) is 17.0. The van der Waals surface area contributed by atoms with Crippen LogP contribution >= 0.6 is 0 Å². The number of benzene rings is 2. The number of nitrogens with one attached hydrogen (secondary N) is 1. The third-order valence-corrected chi connectivity index (χ3v) is 5.19. The van der Waals surface area contributed by atoms with E-state index >= 15 is 4.39 Å². The number of aliphatic imine (C=N–C) groups is 1. The molecule has 0 radical (unpaired) electrons. The number of nitrogens with zero attached hydrogens (tertiary/aromatic N) is 1. The minimum Gasteiger partial charge on any atom is -0.384 e. The van der Waals surface area contributed by atoms with Crippen molar-refractivity contribution in [1.82, 2.24) is 0 Å². The van der Waals surface area contributed by atoms with Gasteiger partial charge < -0.3 is 11.1 Å². The topological polar surface area (TPSA) is 50.4 Å². The van der Waals surface area contributed by atoms with E-state index in [0.717, 1.165) is 28.0 Å². The minimum atomic E-state index is -0.273. The van der Waals surface area contributed by atoms with E-state index in [1.807, 2.05) is 93.6 Å². The number of anilines is 1. The molecule has 35 heavy (non-hydrogen) atoms. The van der Waals surface area contributed by atoms with Crippen molar-refractivity contribution in [3.63, 3.8) is 0 Å². The van der Waals surface area contributed by atoms with Gasteiger partial charge in [0, 0.05) is 17.8 Å². The van der Waals surface area contributed by atoms with Crippen LogP contribution in [0.15, 0.2) is 115 Å². The highest BCUT2D eigenvalue weighted by atomic mass is 19.1. The Labute approximate surface area is 209 Å². The number of halogens is 1. The highest BCUT2D eigenvalue weighted by Crippen LogP contribution is 2.24. The number of allylic oxidation sites excluding steroid dienone is 8. The van der Waals surface area contributed by atoms with Crippen molar-refractivity contribution < 1.29 is 4.39 Å². The third-order valence-electron chi connectivity index (χ3n) is 5.19. The first kappa shape index (κ1) is 27.1. The van der Waals surface area contributed by atoms with Gasteiger partial charge in [-0.1, -0.05) is 86.5 Å². The summed E-state index contributed by atoms with van der Waals surface area (Å²) >= 11 is 0. The second-order valence-electron chi connectivity index (χ2n) is 7.89. The van der Waals surface area contributed by atoms with E-state index in [4.69, 9.17) is 5.73 Å². The van der Waals surface area contributed by atoms with Crippen LogP contribution in [-0.2, 0) is 6.42 Å². The van der Waals surface area contributed by atoms with Gasteiger partial charge in [-0.15, -0.1) is 0 Å². The van der Waals surface area contributed by atoms with Crippen molar-refractivity contribution >= 4 is 23.6 Å². The van der Waals surface area contributed by atoms with Gasteiger partial charge in [0.05, 0.1) is 5.71 Å². The Kier molecular flexibility index (Phi) is 10.4. The summed E-state index contributed by atoms with van der Waals surface area (Å²) in [4.78, 5) is 4.34. The van der Waals surface area contributed by atoms with Crippen molar-refractivity contribution in [2.45, 2.75) is 27.2 Å². The average Bonchev–Trinajstić information content (AvgIpc) is 2.81. The van der Waals surface area contributed by atoms with E-state index in [-0.39, 0.29) is 11.6 Å². The fourth-order valence-corrected chi connectivity index (χ4v) is 3.61. The van der Waals surface area contributed by atoms with Gasteiger partial charge >= 0.3 is 0 Å². The first-order valence-corrected chi connectivity index (χ1v) is 11.4. The standard InChI is InChI=1S/C31H34FN3/c1-7-11-14-25(10-4)31(35-23(6)33)19-22(5)34-28-18-17-27(30(32)21-28)20-26-16-12-15-24(9-3)29(26)13-8-2/h7-19,21,34H,1,3,6,20,33H2,2,4-5H3/b13-8-,14-11-,22-19+,25-10+,35-31+. The second-order valence-corrected chi connectivity index (χ2v) is 7.89. The van der Waals surface area contributed by atoms with E-state index in [9.17, 15) is 0 Å². The van der Waals surface area contributed by atoms with Gasteiger partial charge in [-0.2, -0.15) is 0 Å². The third kappa shape index (κ3) is 7.97. The minimum absolute atomic E-state index is 0.198. The molecule has 0 saturated heterocycles. The van der Waals surface area contributed by atoms with Gasteiger partial charge in [-0.05, 0) is 66.8 Å². The summed E-state index contributed by atoms with van der Waals surface area (Å²) in [6.07, 6.45) is 15.5. The largest absolute Gasteiger partial charge is 0.384 e. The molecule has 4 heteroatoms. The molecule has 0 heterocycles. The number of nitrogens with two attached hydrogens (primary N) is 1. The summed E-state index contributed by atoms with van der Waals surface area (Å²) in [5.41, 5.74) is 12.4. The van der Waals surface area contributed by atoms with E-state index in [2.05, 4.69) is 30.0 Å². The monoisotopic (exact) mass is 467 g/mol. The Morgan fingerprint density at radius 3 is 2.51 bits per heavy atom. The molecule has 0 aliphatic rings. The molecule has 0 spiro atoms. The van der Waals surface area contributed by atoms with Gasteiger partial charge in [0.15, 0.2) is 0 Å². The fourth-order valence-electron chi connectivity index (χ4n) is 3.61. The maximum Gasteiger partial charge on any atom is 0.128 e. The van der Waals surface area contributed by atoms with E-state index < -0.39 is 0 Å². The zero-order valence-corrected chi connectivity index (χ0v) is 20.8. The molecule has 0 saturated carbocycles. The number of hydrogen-bond acceptors (Lipinski definition) is 3. The number of rotatable bonds is 11. The lowest BCUT2D eigenvalue weighted by Gasteiger charge is -2.13. The van der Waals surface area contributed by atoms with Crippen molar-refractivity contribution in [1.29, 1.82) is 0 Å². The SMILES string of the molecule is C=C\C=C/C(=C\C)C(/C=C(\C)Nc1ccc(Cc2cccc(C=C)c2/C=C\C)c(F)c1)=N/C(=C)N. The van der Waals surface area contributed by atoms with Crippen LogP contribution in [0.3, 0.4) is 0 Å². The molecule has 0 aliphatic heterocycles.